The van der Waals surface area contributed by atoms with Crippen molar-refractivity contribution in [1.29, 1.82) is 0 Å². The molecule has 8 heteroatoms. The number of hydrazone groups is 1. The predicted molar refractivity (Wildman–Crippen MR) is 138 cm³/mol. The first-order chi connectivity index (χ1) is 14.9. The number of carbonyl (C=O) groups excluding carboxylic acids is 2. The van der Waals surface area contributed by atoms with Gasteiger partial charge in [0.1, 0.15) is 12.4 Å². The highest BCUT2D eigenvalue weighted by molar-refractivity contribution is 14.1. The lowest BCUT2D eigenvalue weighted by molar-refractivity contribution is -0.140. The molecule has 2 aliphatic carbocycles. The van der Waals surface area contributed by atoms with E-state index in [1.807, 2.05) is 36.4 Å². The average molecular weight is 703 g/mol. The van der Waals surface area contributed by atoms with Crippen molar-refractivity contribution in [3.63, 3.8) is 0 Å². The highest BCUT2D eigenvalue weighted by Gasteiger charge is 2.59. The highest BCUT2D eigenvalue weighted by Crippen LogP contribution is 2.52. The van der Waals surface area contributed by atoms with Crippen LogP contribution in [0.5, 0.6) is 5.75 Å². The summed E-state index contributed by atoms with van der Waals surface area (Å²) in [4.78, 5) is 25.5. The number of rotatable bonds is 5. The van der Waals surface area contributed by atoms with Gasteiger partial charge >= 0.3 is 0 Å². The number of halogens is 3. The molecule has 31 heavy (non-hydrogen) atoms. The molecule has 158 valence electrons. The Labute approximate surface area is 215 Å². The Morgan fingerprint density at radius 3 is 2.19 bits per heavy atom. The average Bonchev–Trinajstić information content (AvgIpc) is 3.42. The van der Waals surface area contributed by atoms with Gasteiger partial charge in [-0.25, -0.2) is 0 Å². The van der Waals surface area contributed by atoms with E-state index >= 15 is 0 Å². The van der Waals surface area contributed by atoms with Gasteiger partial charge in [0.05, 0.1) is 25.2 Å². The Bertz CT molecular complexity index is 1080. The summed E-state index contributed by atoms with van der Waals surface area (Å²) in [5.41, 5.74) is 1.91. The van der Waals surface area contributed by atoms with Crippen molar-refractivity contribution in [3.8, 4) is 5.75 Å². The van der Waals surface area contributed by atoms with E-state index in [-0.39, 0.29) is 35.5 Å². The monoisotopic (exact) mass is 702 g/mol. The fourth-order valence-electron chi connectivity index (χ4n) is 4.65. The third kappa shape index (κ3) is 3.99. The van der Waals surface area contributed by atoms with Gasteiger partial charge in [0, 0.05) is 4.47 Å². The summed E-state index contributed by atoms with van der Waals surface area (Å²) in [6.07, 6.45) is 6.68. The van der Waals surface area contributed by atoms with Crippen LogP contribution >= 0.6 is 61.1 Å². The molecular weight excluding hydrogens is 686 g/mol. The number of amides is 2. The Morgan fingerprint density at radius 1 is 1.03 bits per heavy atom. The lowest BCUT2D eigenvalue weighted by Gasteiger charge is -2.13. The first-order valence-corrected chi connectivity index (χ1v) is 12.8. The molecule has 0 aromatic heterocycles. The standard InChI is InChI=1S/C23H17BrI2N2O3/c24-16-5-1-12(2-6-16)11-31-21-17(25)7-13(8-18(21)26)10-27-28-22(29)19-14-3-4-15(9-14)20(19)23(28)30/h1-8,10,14-15,19-20H,9,11H2/b27-10-/t14-,15-,19+,20+/m0/s1. The zero-order valence-electron chi connectivity index (χ0n) is 16.2. The van der Waals surface area contributed by atoms with Crippen LogP contribution in [0.1, 0.15) is 17.5 Å². The molecular formula is C23H17BrI2N2O3. The van der Waals surface area contributed by atoms with Gasteiger partial charge in [0.15, 0.2) is 0 Å². The zero-order chi connectivity index (χ0) is 21.7. The number of fused-ring (bicyclic) bond motifs is 5. The second-order valence-corrected chi connectivity index (χ2v) is 11.2. The molecule has 4 atom stereocenters. The van der Waals surface area contributed by atoms with Gasteiger partial charge < -0.3 is 4.74 Å². The van der Waals surface area contributed by atoms with Crippen molar-refractivity contribution in [2.45, 2.75) is 13.0 Å². The Hall–Kier alpha value is -1.27. The molecule has 1 heterocycles. The number of allylic oxidation sites excluding steroid dienone is 2. The van der Waals surface area contributed by atoms with Crippen LogP contribution in [0.3, 0.4) is 0 Å². The fraction of sp³-hybridized carbons (Fsp3) is 0.261. The number of imide groups is 1. The first-order valence-electron chi connectivity index (χ1n) is 9.89. The Balaban J connectivity index is 1.30. The zero-order valence-corrected chi connectivity index (χ0v) is 22.1. The van der Waals surface area contributed by atoms with Crippen LogP contribution in [0.4, 0.5) is 0 Å². The van der Waals surface area contributed by atoms with Crippen LogP contribution < -0.4 is 4.74 Å². The molecule has 3 aliphatic rings. The molecule has 1 saturated carbocycles. The minimum Gasteiger partial charge on any atom is -0.487 e. The van der Waals surface area contributed by atoms with E-state index in [9.17, 15) is 9.59 Å². The molecule has 0 N–H and O–H groups in total. The number of ether oxygens (including phenoxy) is 1. The molecule has 2 amide bonds. The Kier molecular flexibility index (Phi) is 5.97. The Morgan fingerprint density at radius 2 is 1.61 bits per heavy atom. The second kappa shape index (κ2) is 8.58. The lowest BCUT2D eigenvalue weighted by Crippen LogP contribution is -2.28. The van der Waals surface area contributed by atoms with Gasteiger partial charge in [-0.05, 0) is 98.8 Å². The van der Waals surface area contributed by atoms with Crippen molar-refractivity contribution < 1.29 is 14.3 Å². The number of hydrogen-bond acceptors (Lipinski definition) is 4. The van der Waals surface area contributed by atoms with Gasteiger partial charge in [-0.15, -0.1) is 0 Å². The summed E-state index contributed by atoms with van der Waals surface area (Å²) >= 11 is 7.91. The van der Waals surface area contributed by atoms with Crippen LogP contribution in [0.2, 0.25) is 0 Å². The van der Waals surface area contributed by atoms with E-state index in [0.29, 0.717) is 6.61 Å². The normalized spacial score (nSPS) is 26.4. The van der Waals surface area contributed by atoms with Crippen molar-refractivity contribution in [2.75, 3.05) is 0 Å². The van der Waals surface area contributed by atoms with E-state index in [1.165, 1.54) is 0 Å². The molecule has 5 nitrogen and oxygen atoms in total. The summed E-state index contributed by atoms with van der Waals surface area (Å²) < 4.78 is 8.97. The van der Waals surface area contributed by atoms with Crippen molar-refractivity contribution in [2.24, 2.45) is 28.8 Å². The number of carbonyl (C=O) groups is 2. The van der Waals surface area contributed by atoms with E-state index in [1.54, 1.807) is 6.21 Å². The first kappa shape index (κ1) is 21.6. The van der Waals surface area contributed by atoms with Gasteiger partial charge in [-0.1, -0.05) is 40.2 Å². The van der Waals surface area contributed by atoms with Gasteiger partial charge in [-0.2, -0.15) is 10.1 Å². The predicted octanol–water partition coefficient (Wildman–Crippen LogP) is 5.38. The minimum absolute atomic E-state index is 0.165. The largest absolute Gasteiger partial charge is 0.487 e. The molecule has 2 aromatic rings. The third-order valence-corrected chi connectivity index (χ3v) is 8.22. The van der Waals surface area contributed by atoms with Crippen LogP contribution in [-0.4, -0.2) is 23.0 Å². The maximum absolute atomic E-state index is 12.8. The van der Waals surface area contributed by atoms with Crippen LogP contribution in [0, 0.1) is 30.8 Å². The van der Waals surface area contributed by atoms with Gasteiger partial charge in [-0.3, -0.25) is 9.59 Å². The van der Waals surface area contributed by atoms with E-state index in [0.717, 1.165) is 39.9 Å². The molecule has 2 aromatic carbocycles. The summed E-state index contributed by atoms with van der Waals surface area (Å²) in [5.74, 6) is 0.408. The van der Waals surface area contributed by atoms with Crippen LogP contribution in [0.15, 0.2) is 58.1 Å². The molecule has 0 spiro atoms. The van der Waals surface area contributed by atoms with Crippen molar-refractivity contribution in [1.82, 2.24) is 5.01 Å². The summed E-state index contributed by atoms with van der Waals surface area (Å²) in [7, 11) is 0. The molecule has 2 bridgehead atoms. The molecule has 5 rings (SSSR count). The lowest BCUT2D eigenvalue weighted by atomic mass is 9.85. The molecule has 1 aliphatic heterocycles. The molecule has 2 fully saturated rings. The maximum Gasteiger partial charge on any atom is 0.254 e. The SMILES string of the molecule is O=C1[C@H]2[C@H](C(=O)N1/N=C\c1cc(I)c(OCc3ccc(Br)cc3)c(I)c1)[C@H]1C=C[C@H]2C1. The van der Waals surface area contributed by atoms with Crippen LogP contribution in [-0.2, 0) is 16.2 Å². The molecule has 1 saturated heterocycles. The minimum atomic E-state index is -0.227. The topological polar surface area (TPSA) is 59.0 Å². The third-order valence-electron chi connectivity index (χ3n) is 6.09. The highest BCUT2D eigenvalue weighted by atomic mass is 127. The van der Waals surface area contributed by atoms with E-state index in [4.69, 9.17) is 4.74 Å². The second-order valence-electron chi connectivity index (χ2n) is 7.96. The van der Waals surface area contributed by atoms with Gasteiger partial charge in [0.25, 0.3) is 11.8 Å². The molecule has 0 unspecified atom stereocenters. The summed E-state index contributed by atoms with van der Waals surface area (Å²) in [5, 5.41) is 5.36. The van der Waals surface area contributed by atoms with Crippen molar-refractivity contribution >= 4 is 79.1 Å². The maximum atomic E-state index is 12.8. The van der Waals surface area contributed by atoms with Crippen molar-refractivity contribution in [3.05, 3.63) is 71.3 Å². The quantitative estimate of drug-likeness (QED) is 0.182. The van der Waals surface area contributed by atoms with E-state index in [2.05, 4.69) is 78.4 Å². The van der Waals surface area contributed by atoms with E-state index < -0.39 is 0 Å². The summed E-state index contributed by atoms with van der Waals surface area (Å²) in [6, 6.07) is 11.9. The summed E-state index contributed by atoms with van der Waals surface area (Å²) in [6.45, 7) is 0.475. The number of hydrogen-bond donors (Lipinski definition) is 0. The van der Waals surface area contributed by atoms with Crippen LogP contribution in [0.25, 0.3) is 0 Å². The molecule has 0 radical (unpaired) electrons. The number of benzene rings is 2. The smallest absolute Gasteiger partial charge is 0.254 e. The fourth-order valence-corrected chi connectivity index (χ4v) is 7.04. The number of nitrogens with zero attached hydrogens (tertiary/aromatic N) is 2. The van der Waals surface area contributed by atoms with Gasteiger partial charge in [0.2, 0.25) is 0 Å².